The van der Waals surface area contributed by atoms with Crippen molar-refractivity contribution in [3.63, 3.8) is 0 Å². The van der Waals surface area contributed by atoms with Crippen LogP contribution < -0.4 is 15.5 Å². The van der Waals surface area contributed by atoms with E-state index in [0.29, 0.717) is 11.4 Å². The zero-order valence-electron chi connectivity index (χ0n) is 16.3. The van der Waals surface area contributed by atoms with Crippen molar-refractivity contribution in [1.82, 2.24) is 15.1 Å². The summed E-state index contributed by atoms with van der Waals surface area (Å²) in [5, 5.41) is 16.8. The number of nitrogens with zero attached hydrogens (tertiary/aromatic N) is 2. The van der Waals surface area contributed by atoms with Gasteiger partial charge in [-0.15, -0.1) is 0 Å². The molecule has 0 aliphatic carbocycles. The van der Waals surface area contributed by atoms with Crippen molar-refractivity contribution in [2.24, 2.45) is 0 Å². The Balaban J connectivity index is 1.64. The summed E-state index contributed by atoms with van der Waals surface area (Å²) in [5.74, 6) is -0.00406. The first-order chi connectivity index (χ1) is 13.9. The van der Waals surface area contributed by atoms with Crippen molar-refractivity contribution >= 4 is 5.91 Å². The van der Waals surface area contributed by atoms with Crippen LogP contribution in [0.4, 0.5) is 0 Å². The summed E-state index contributed by atoms with van der Waals surface area (Å²) in [6.07, 6.45) is -0.929. The molecule has 0 radical (unpaired) electrons. The molecule has 2 aromatic carbocycles. The summed E-state index contributed by atoms with van der Waals surface area (Å²) in [7, 11) is 0. The number of aliphatic hydroxyl groups is 1. The third-order valence-corrected chi connectivity index (χ3v) is 4.25. The molecule has 0 aliphatic heterocycles. The first-order valence-corrected chi connectivity index (χ1v) is 9.26. The second-order valence-electron chi connectivity index (χ2n) is 6.74. The number of ether oxygens (including phenoxy) is 1. The number of aliphatic hydroxyl groups excluding tert-OH is 1. The number of hydrogen-bond acceptors (Lipinski definition) is 5. The van der Waals surface area contributed by atoms with Gasteiger partial charge in [0.25, 0.3) is 5.91 Å². The molecule has 0 spiro atoms. The van der Waals surface area contributed by atoms with Gasteiger partial charge in [-0.3, -0.25) is 9.59 Å². The molecule has 3 aromatic rings. The Kier molecular flexibility index (Phi) is 6.41. The average molecular weight is 393 g/mol. The number of para-hydroxylation sites is 1. The molecule has 7 nitrogen and oxygen atoms in total. The van der Waals surface area contributed by atoms with Crippen LogP contribution in [-0.4, -0.2) is 40.0 Å². The van der Waals surface area contributed by atoms with Crippen molar-refractivity contribution in [3.8, 4) is 11.4 Å². The van der Waals surface area contributed by atoms with Gasteiger partial charge in [0.05, 0.1) is 5.69 Å². The zero-order chi connectivity index (χ0) is 20.8. The lowest BCUT2D eigenvalue weighted by Crippen LogP contribution is -2.38. The van der Waals surface area contributed by atoms with E-state index in [9.17, 15) is 14.7 Å². The van der Waals surface area contributed by atoms with E-state index in [2.05, 4.69) is 10.4 Å². The minimum atomic E-state index is -0.929. The second kappa shape index (κ2) is 9.16. The lowest BCUT2D eigenvalue weighted by molar-refractivity contribution is 0.0837. The Hall–Kier alpha value is -3.45. The Morgan fingerprint density at radius 2 is 1.90 bits per heavy atom. The van der Waals surface area contributed by atoms with Crippen LogP contribution in [0.15, 0.2) is 65.5 Å². The smallest absolute Gasteiger partial charge is 0.275 e. The van der Waals surface area contributed by atoms with Crippen LogP contribution in [-0.2, 0) is 0 Å². The van der Waals surface area contributed by atoms with Crippen molar-refractivity contribution in [3.05, 3.63) is 87.8 Å². The molecule has 0 saturated heterocycles. The first-order valence-electron chi connectivity index (χ1n) is 9.26. The van der Waals surface area contributed by atoms with E-state index < -0.39 is 17.4 Å². The first kappa shape index (κ1) is 20.3. The minimum absolute atomic E-state index is 0.0132. The van der Waals surface area contributed by atoms with Gasteiger partial charge in [-0.05, 0) is 43.7 Å². The fraction of sp³-hybridized carbons (Fsp3) is 0.227. The maximum Gasteiger partial charge on any atom is 0.275 e. The monoisotopic (exact) mass is 393 g/mol. The summed E-state index contributed by atoms with van der Waals surface area (Å²) >= 11 is 0. The second-order valence-corrected chi connectivity index (χ2v) is 6.74. The topological polar surface area (TPSA) is 93.4 Å². The SMILES string of the molecule is Cc1cccc(OCC(O)CNC(=O)c2nn(-c3ccccc3)c(C)cc2=O)c1. The predicted octanol–water partition coefficient (Wildman–Crippen LogP) is 2.02. The van der Waals surface area contributed by atoms with Crippen LogP contribution >= 0.6 is 0 Å². The number of amides is 1. The van der Waals surface area contributed by atoms with Gasteiger partial charge >= 0.3 is 0 Å². The summed E-state index contributed by atoms with van der Waals surface area (Å²) < 4.78 is 7.06. The number of carbonyl (C=O) groups is 1. The van der Waals surface area contributed by atoms with Crippen LogP contribution in [0.3, 0.4) is 0 Å². The molecule has 0 bridgehead atoms. The summed E-state index contributed by atoms with van der Waals surface area (Å²) in [4.78, 5) is 24.7. The van der Waals surface area contributed by atoms with E-state index in [4.69, 9.17) is 4.74 Å². The van der Waals surface area contributed by atoms with E-state index in [1.807, 2.05) is 55.5 Å². The summed E-state index contributed by atoms with van der Waals surface area (Å²) in [6.45, 7) is 3.64. The average Bonchev–Trinajstić information content (AvgIpc) is 2.71. The lowest BCUT2D eigenvalue weighted by Gasteiger charge is -2.14. The molecule has 1 heterocycles. The van der Waals surface area contributed by atoms with Crippen molar-refractivity contribution < 1.29 is 14.6 Å². The quantitative estimate of drug-likeness (QED) is 0.641. The van der Waals surface area contributed by atoms with Crippen molar-refractivity contribution in [2.45, 2.75) is 20.0 Å². The van der Waals surface area contributed by atoms with Gasteiger partial charge in [-0.1, -0.05) is 30.3 Å². The van der Waals surface area contributed by atoms with E-state index in [1.54, 1.807) is 13.0 Å². The van der Waals surface area contributed by atoms with Gasteiger partial charge in [-0.2, -0.15) is 5.10 Å². The largest absolute Gasteiger partial charge is 0.491 e. The molecule has 1 aromatic heterocycles. The fourth-order valence-corrected chi connectivity index (χ4v) is 2.79. The highest BCUT2D eigenvalue weighted by Gasteiger charge is 2.16. The van der Waals surface area contributed by atoms with E-state index in [0.717, 1.165) is 11.3 Å². The standard InChI is InChI=1S/C22H23N3O4/c1-15-7-6-10-19(11-15)29-14-18(26)13-23-22(28)21-20(27)12-16(2)25(24-21)17-8-4-3-5-9-17/h3-12,18,26H,13-14H2,1-2H3,(H,23,28). The molecule has 3 rings (SSSR count). The molecule has 2 N–H and O–H groups in total. The lowest BCUT2D eigenvalue weighted by atomic mass is 10.2. The van der Waals surface area contributed by atoms with Gasteiger partial charge in [-0.25, -0.2) is 4.68 Å². The Morgan fingerprint density at radius 1 is 1.14 bits per heavy atom. The highest BCUT2D eigenvalue weighted by atomic mass is 16.5. The van der Waals surface area contributed by atoms with Gasteiger partial charge in [0.2, 0.25) is 5.43 Å². The minimum Gasteiger partial charge on any atom is -0.491 e. The molecule has 1 unspecified atom stereocenters. The van der Waals surface area contributed by atoms with Crippen LogP contribution in [0.2, 0.25) is 0 Å². The van der Waals surface area contributed by atoms with E-state index in [1.165, 1.54) is 10.7 Å². The van der Waals surface area contributed by atoms with Crippen molar-refractivity contribution in [1.29, 1.82) is 0 Å². The molecule has 29 heavy (non-hydrogen) atoms. The summed E-state index contributed by atoms with van der Waals surface area (Å²) in [6, 6.07) is 18.0. The van der Waals surface area contributed by atoms with Crippen LogP contribution in [0.25, 0.3) is 5.69 Å². The molecule has 0 fully saturated rings. The number of carbonyl (C=O) groups excluding carboxylic acids is 1. The third kappa shape index (κ3) is 5.30. The maximum absolute atomic E-state index is 12.4. The van der Waals surface area contributed by atoms with Gasteiger partial charge in [0, 0.05) is 18.3 Å². The predicted molar refractivity (Wildman–Crippen MR) is 110 cm³/mol. The highest BCUT2D eigenvalue weighted by molar-refractivity contribution is 5.92. The Morgan fingerprint density at radius 3 is 2.62 bits per heavy atom. The summed E-state index contributed by atoms with van der Waals surface area (Å²) in [5.41, 5.74) is 1.70. The molecule has 0 saturated carbocycles. The fourth-order valence-electron chi connectivity index (χ4n) is 2.79. The molecular formula is C22H23N3O4. The Bertz CT molecular complexity index is 1050. The molecule has 1 atom stereocenters. The van der Waals surface area contributed by atoms with E-state index >= 15 is 0 Å². The Labute approximate surface area is 168 Å². The van der Waals surface area contributed by atoms with Gasteiger partial charge in [0.15, 0.2) is 5.69 Å². The van der Waals surface area contributed by atoms with Crippen LogP contribution in [0.5, 0.6) is 5.75 Å². The molecule has 7 heteroatoms. The number of aromatic nitrogens is 2. The molecular weight excluding hydrogens is 370 g/mol. The highest BCUT2D eigenvalue weighted by Crippen LogP contribution is 2.12. The van der Waals surface area contributed by atoms with E-state index in [-0.39, 0.29) is 18.8 Å². The number of aryl methyl sites for hydroxylation is 2. The van der Waals surface area contributed by atoms with Crippen molar-refractivity contribution in [2.75, 3.05) is 13.2 Å². The van der Waals surface area contributed by atoms with Crippen LogP contribution in [0, 0.1) is 13.8 Å². The zero-order valence-corrected chi connectivity index (χ0v) is 16.3. The van der Waals surface area contributed by atoms with Crippen LogP contribution in [0.1, 0.15) is 21.7 Å². The number of benzene rings is 2. The number of rotatable bonds is 7. The molecule has 1 amide bonds. The number of hydrogen-bond donors (Lipinski definition) is 2. The molecule has 150 valence electrons. The number of nitrogens with one attached hydrogen (secondary N) is 1. The third-order valence-electron chi connectivity index (χ3n) is 4.25. The normalized spacial score (nSPS) is 11.7. The maximum atomic E-state index is 12.4. The van der Waals surface area contributed by atoms with Gasteiger partial charge < -0.3 is 15.2 Å². The van der Waals surface area contributed by atoms with Gasteiger partial charge in [0.1, 0.15) is 18.5 Å². The molecule has 0 aliphatic rings.